The van der Waals surface area contributed by atoms with Crippen LogP contribution in [0.4, 0.5) is 0 Å². The van der Waals surface area contributed by atoms with E-state index in [0.717, 1.165) is 49.9 Å². The number of rotatable bonds is 7. The van der Waals surface area contributed by atoms with E-state index in [4.69, 9.17) is 0 Å². The summed E-state index contributed by atoms with van der Waals surface area (Å²) in [5.74, 6) is 2.54. The van der Waals surface area contributed by atoms with Gasteiger partial charge in [-0.1, -0.05) is 25.1 Å². The van der Waals surface area contributed by atoms with Crippen LogP contribution in [-0.4, -0.2) is 31.5 Å². The molecule has 0 unspecified atom stereocenters. The minimum Gasteiger partial charge on any atom is -0.350 e. The Morgan fingerprint density at radius 3 is 2.50 bits per heavy atom. The predicted molar refractivity (Wildman–Crippen MR) is 102 cm³/mol. The number of hydrogen-bond acceptors (Lipinski definition) is 4. The molecule has 1 atom stereocenters. The van der Waals surface area contributed by atoms with Crippen molar-refractivity contribution in [1.82, 2.24) is 20.1 Å². The van der Waals surface area contributed by atoms with Gasteiger partial charge in [0.2, 0.25) is 5.91 Å². The molecule has 1 amide bonds. The largest absolute Gasteiger partial charge is 0.350 e. The summed E-state index contributed by atoms with van der Waals surface area (Å²) < 4.78 is 1.66. The van der Waals surface area contributed by atoms with Crippen LogP contribution in [-0.2, 0) is 11.3 Å². The number of nitrogens with one attached hydrogen (secondary N) is 2. The summed E-state index contributed by atoms with van der Waals surface area (Å²) in [4.78, 5) is 24.8. The molecule has 0 spiro atoms. The van der Waals surface area contributed by atoms with Gasteiger partial charge in [-0.2, -0.15) is 0 Å². The highest BCUT2D eigenvalue weighted by Gasteiger charge is 2.51. The number of carbonyl (C=O) groups excluding carboxylic acids is 1. The van der Waals surface area contributed by atoms with Gasteiger partial charge in [0.15, 0.2) is 5.16 Å². The van der Waals surface area contributed by atoms with Gasteiger partial charge in [-0.25, -0.2) is 9.89 Å². The molecule has 4 aliphatic rings. The summed E-state index contributed by atoms with van der Waals surface area (Å²) in [7, 11) is 0. The number of nitrogens with zero attached hydrogens (tertiary/aromatic N) is 2. The molecular formula is C19H30N4O2S. The van der Waals surface area contributed by atoms with Crippen LogP contribution < -0.4 is 11.0 Å². The summed E-state index contributed by atoms with van der Waals surface area (Å²) >= 11 is 1.39. The van der Waals surface area contributed by atoms with Gasteiger partial charge in [-0.15, -0.1) is 5.10 Å². The molecule has 0 radical (unpaired) electrons. The molecule has 0 aromatic carbocycles. The maximum atomic E-state index is 12.9. The molecule has 5 rings (SSSR count). The number of carbonyl (C=O) groups is 1. The van der Waals surface area contributed by atoms with Gasteiger partial charge in [-0.05, 0) is 69.6 Å². The maximum absolute atomic E-state index is 12.9. The smallest absolute Gasteiger partial charge is 0.343 e. The normalized spacial score (nSPS) is 33.4. The van der Waals surface area contributed by atoms with Crippen LogP contribution in [0.1, 0.15) is 65.2 Å². The van der Waals surface area contributed by atoms with Crippen molar-refractivity contribution >= 4 is 17.7 Å². The van der Waals surface area contributed by atoms with Crippen LogP contribution in [0.2, 0.25) is 0 Å². The monoisotopic (exact) mass is 378 g/mol. The van der Waals surface area contributed by atoms with Crippen molar-refractivity contribution < 1.29 is 4.79 Å². The molecule has 0 saturated heterocycles. The highest BCUT2D eigenvalue weighted by Crippen LogP contribution is 2.55. The van der Waals surface area contributed by atoms with E-state index in [0.29, 0.717) is 11.7 Å². The van der Waals surface area contributed by atoms with E-state index < -0.39 is 0 Å². The Balaban J connectivity index is 1.40. The average Bonchev–Trinajstić information content (AvgIpc) is 2.91. The molecule has 26 heavy (non-hydrogen) atoms. The molecule has 1 aromatic rings. The fourth-order valence-corrected chi connectivity index (χ4v) is 6.63. The Bertz CT molecular complexity index is 690. The first kappa shape index (κ1) is 18.1. The first-order chi connectivity index (χ1) is 12.5. The van der Waals surface area contributed by atoms with Crippen molar-refractivity contribution in [3.8, 4) is 0 Å². The standard InChI is InChI=1S/C19H30N4O2S/c1-3-4-5-23-17(25)21-22-18(23)26-12(2)16(24)20-19-9-13-6-14(10-19)8-15(7-13)11-19/h12-15H,3-11H2,1-2H3,(H,20,24)(H,21,25)/t12-,13?,14?,15?,19?/m1/s1. The number of hydrogen-bond donors (Lipinski definition) is 2. The van der Waals surface area contributed by atoms with Gasteiger partial charge < -0.3 is 5.32 Å². The van der Waals surface area contributed by atoms with Crippen LogP contribution in [0.25, 0.3) is 0 Å². The number of amides is 1. The lowest BCUT2D eigenvalue weighted by atomic mass is 9.53. The van der Waals surface area contributed by atoms with Crippen molar-refractivity contribution in [1.29, 1.82) is 0 Å². The van der Waals surface area contributed by atoms with Crippen molar-refractivity contribution in [2.24, 2.45) is 17.8 Å². The summed E-state index contributed by atoms with van der Waals surface area (Å²) in [5, 5.41) is 10.4. The Kier molecular flexibility index (Phi) is 4.92. The predicted octanol–water partition coefficient (Wildman–Crippen LogP) is 2.94. The number of aromatic amines is 1. The zero-order valence-electron chi connectivity index (χ0n) is 15.8. The van der Waals surface area contributed by atoms with Crippen molar-refractivity contribution in [3.63, 3.8) is 0 Å². The van der Waals surface area contributed by atoms with E-state index in [1.54, 1.807) is 4.57 Å². The van der Waals surface area contributed by atoms with Crippen LogP contribution in [0.3, 0.4) is 0 Å². The number of thioether (sulfide) groups is 1. The van der Waals surface area contributed by atoms with E-state index in [-0.39, 0.29) is 22.4 Å². The molecule has 4 fully saturated rings. The Hall–Kier alpha value is -1.24. The molecular weight excluding hydrogens is 348 g/mol. The Morgan fingerprint density at radius 2 is 1.92 bits per heavy atom. The van der Waals surface area contributed by atoms with E-state index in [9.17, 15) is 9.59 Å². The van der Waals surface area contributed by atoms with E-state index in [1.807, 2.05) is 6.92 Å². The third kappa shape index (κ3) is 3.47. The van der Waals surface area contributed by atoms with Crippen molar-refractivity contribution in [2.45, 2.75) is 87.7 Å². The third-order valence-electron chi connectivity index (χ3n) is 6.54. The number of H-pyrrole nitrogens is 1. The minimum absolute atomic E-state index is 0.0358. The molecule has 0 aliphatic heterocycles. The lowest BCUT2D eigenvalue weighted by Crippen LogP contribution is -2.60. The topological polar surface area (TPSA) is 79.8 Å². The second-order valence-corrected chi connectivity index (χ2v) is 10.1. The van der Waals surface area contributed by atoms with Crippen LogP contribution in [0.5, 0.6) is 0 Å². The summed E-state index contributed by atoms with van der Waals surface area (Å²) in [5.41, 5.74) is -0.150. The summed E-state index contributed by atoms with van der Waals surface area (Å²) in [6.07, 6.45) is 9.54. The van der Waals surface area contributed by atoms with Gasteiger partial charge in [0.05, 0.1) is 5.25 Å². The van der Waals surface area contributed by atoms with Gasteiger partial charge in [-0.3, -0.25) is 9.36 Å². The minimum atomic E-state index is -0.251. The van der Waals surface area contributed by atoms with Crippen LogP contribution in [0, 0.1) is 17.8 Å². The maximum Gasteiger partial charge on any atom is 0.343 e. The quantitative estimate of drug-likeness (QED) is 0.715. The molecule has 1 heterocycles. The highest BCUT2D eigenvalue weighted by molar-refractivity contribution is 8.00. The van der Waals surface area contributed by atoms with E-state index in [1.165, 1.54) is 31.0 Å². The van der Waals surface area contributed by atoms with Crippen LogP contribution >= 0.6 is 11.8 Å². The zero-order valence-corrected chi connectivity index (χ0v) is 16.6. The van der Waals surface area contributed by atoms with Crippen molar-refractivity contribution in [3.05, 3.63) is 10.5 Å². The molecule has 1 aromatic heterocycles. The molecule has 4 bridgehead atoms. The Morgan fingerprint density at radius 1 is 1.31 bits per heavy atom. The molecule has 2 N–H and O–H groups in total. The average molecular weight is 379 g/mol. The van der Waals surface area contributed by atoms with E-state index in [2.05, 4.69) is 22.4 Å². The summed E-state index contributed by atoms with van der Waals surface area (Å²) in [6, 6.07) is 0. The van der Waals surface area contributed by atoms with Crippen LogP contribution in [0.15, 0.2) is 9.95 Å². The number of unbranched alkanes of at least 4 members (excludes halogenated alkanes) is 1. The fraction of sp³-hybridized carbons (Fsp3) is 0.842. The lowest BCUT2D eigenvalue weighted by molar-refractivity contribution is -0.126. The van der Waals surface area contributed by atoms with E-state index >= 15 is 0 Å². The van der Waals surface area contributed by atoms with Crippen molar-refractivity contribution in [2.75, 3.05) is 0 Å². The summed E-state index contributed by atoms with van der Waals surface area (Å²) in [6.45, 7) is 4.67. The second kappa shape index (κ2) is 7.06. The zero-order chi connectivity index (χ0) is 18.3. The third-order valence-corrected chi connectivity index (χ3v) is 7.63. The molecule has 4 aliphatic carbocycles. The molecule has 6 nitrogen and oxygen atoms in total. The molecule has 7 heteroatoms. The fourth-order valence-electron chi connectivity index (χ4n) is 5.74. The molecule has 4 saturated carbocycles. The Labute approximate surface area is 158 Å². The molecule has 144 valence electrons. The van der Waals surface area contributed by atoms with Gasteiger partial charge in [0, 0.05) is 12.1 Å². The van der Waals surface area contributed by atoms with Gasteiger partial charge in [0.1, 0.15) is 0 Å². The highest BCUT2D eigenvalue weighted by atomic mass is 32.2. The number of aromatic nitrogens is 3. The first-order valence-corrected chi connectivity index (χ1v) is 11.0. The van der Waals surface area contributed by atoms with Gasteiger partial charge >= 0.3 is 5.69 Å². The first-order valence-electron chi connectivity index (χ1n) is 10.1. The lowest BCUT2D eigenvalue weighted by Gasteiger charge is -2.57. The second-order valence-electron chi connectivity index (χ2n) is 8.76. The SMILES string of the molecule is CCCCn1c(S[C@H](C)C(=O)NC23CC4CC(CC(C4)C2)C3)n[nH]c1=O. The van der Waals surface area contributed by atoms with Gasteiger partial charge in [0.25, 0.3) is 0 Å².